The molecule has 3 nitrogen and oxygen atoms in total. The molecule has 16 heavy (non-hydrogen) atoms. The van der Waals surface area contributed by atoms with Crippen LogP contribution in [0.2, 0.25) is 5.02 Å². The Hall–Kier alpha value is -1.48. The predicted molar refractivity (Wildman–Crippen MR) is 63.3 cm³/mol. The smallest absolute Gasteiger partial charge is 0.341 e. The second-order valence-corrected chi connectivity index (χ2v) is 3.88. The molecule has 0 heterocycles. The third kappa shape index (κ3) is 3.28. The van der Waals surface area contributed by atoms with E-state index in [0.29, 0.717) is 18.8 Å². The van der Waals surface area contributed by atoms with Crippen molar-refractivity contribution in [1.82, 2.24) is 0 Å². The molecule has 1 aromatic carbocycles. The van der Waals surface area contributed by atoms with E-state index in [4.69, 9.17) is 21.4 Å². The maximum Gasteiger partial charge on any atom is 0.341 e. The van der Waals surface area contributed by atoms with E-state index in [9.17, 15) is 4.79 Å². The standard InChI is InChI=1S/C12H13ClO3/c1-8(2)6-7-16-10-5-3-4-9(13)11(10)12(14)15/h3-5H,1,6-7H2,2H3,(H,14,15). The van der Waals surface area contributed by atoms with Gasteiger partial charge < -0.3 is 9.84 Å². The van der Waals surface area contributed by atoms with Crippen LogP contribution in [0.25, 0.3) is 0 Å². The molecule has 1 N–H and O–H groups in total. The molecular formula is C12H13ClO3. The summed E-state index contributed by atoms with van der Waals surface area (Å²) in [5, 5.41) is 9.15. The van der Waals surface area contributed by atoms with Crippen LogP contribution in [0, 0.1) is 0 Å². The van der Waals surface area contributed by atoms with E-state index >= 15 is 0 Å². The van der Waals surface area contributed by atoms with Gasteiger partial charge >= 0.3 is 5.97 Å². The second kappa shape index (κ2) is 5.56. The first-order valence-electron chi connectivity index (χ1n) is 4.81. The number of carboxylic acids is 1. The molecule has 0 radical (unpaired) electrons. The van der Waals surface area contributed by atoms with Gasteiger partial charge in [0.2, 0.25) is 0 Å². The largest absolute Gasteiger partial charge is 0.492 e. The van der Waals surface area contributed by atoms with Gasteiger partial charge in [-0.1, -0.05) is 23.2 Å². The van der Waals surface area contributed by atoms with Crippen LogP contribution in [0.5, 0.6) is 5.75 Å². The third-order valence-corrected chi connectivity index (χ3v) is 2.29. The zero-order valence-electron chi connectivity index (χ0n) is 9.00. The van der Waals surface area contributed by atoms with E-state index in [-0.39, 0.29) is 10.6 Å². The van der Waals surface area contributed by atoms with Gasteiger partial charge in [0, 0.05) is 6.42 Å². The van der Waals surface area contributed by atoms with E-state index in [0.717, 1.165) is 5.57 Å². The van der Waals surface area contributed by atoms with Crippen molar-refractivity contribution in [2.24, 2.45) is 0 Å². The number of ether oxygens (including phenoxy) is 1. The average Bonchev–Trinajstić information content (AvgIpc) is 2.16. The summed E-state index contributed by atoms with van der Waals surface area (Å²) in [5.41, 5.74) is 0.991. The fourth-order valence-electron chi connectivity index (χ4n) is 1.17. The number of benzene rings is 1. The highest BCUT2D eigenvalue weighted by atomic mass is 35.5. The summed E-state index contributed by atoms with van der Waals surface area (Å²) >= 11 is 5.79. The van der Waals surface area contributed by atoms with Gasteiger partial charge in [-0.2, -0.15) is 0 Å². The Morgan fingerprint density at radius 2 is 2.25 bits per heavy atom. The molecule has 0 aliphatic heterocycles. The fourth-order valence-corrected chi connectivity index (χ4v) is 1.41. The maximum atomic E-state index is 11.0. The van der Waals surface area contributed by atoms with Crippen LogP contribution < -0.4 is 4.74 Å². The van der Waals surface area contributed by atoms with Crippen LogP contribution in [0.4, 0.5) is 0 Å². The molecule has 0 spiro atoms. The summed E-state index contributed by atoms with van der Waals surface area (Å²) in [6.07, 6.45) is 0.686. The summed E-state index contributed by atoms with van der Waals surface area (Å²) in [5.74, 6) is -0.794. The van der Waals surface area contributed by atoms with E-state index < -0.39 is 5.97 Å². The van der Waals surface area contributed by atoms with E-state index in [2.05, 4.69) is 6.58 Å². The van der Waals surface area contributed by atoms with E-state index in [1.54, 1.807) is 12.1 Å². The minimum absolute atomic E-state index is 0.00545. The maximum absolute atomic E-state index is 11.0. The van der Waals surface area contributed by atoms with Crippen molar-refractivity contribution >= 4 is 17.6 Å². The molecule has 1 aromatic rings. The molecule has 86 valence electrons. The van der Waals surface area contributed by atoms with Crippen LogP contribution in [0.15, 0.2) is 30.4 Å². The molecule has 0 bridgehead atoms. The Kier molecular flexibility index (Phi) is 4.38. The number of hydrogen-bond acceptors (Lipinski definition) is 2. The highest BCUT2D eigenvalue weighted by Gasteiger charge is 2.15. The molecule has 1 rings (SSSR count). The lowest BCUT2D eigenvalue weighted by Gasteiger charge is -2.09. The van der Waals surface area contributed by atoms with E-state index in [1.807, 2.05) is 6.92 Å². The lowest BCUT2D eigenvalue weighted by atomic mass is 10.2. The molecule has 0 saturated heterocycles. The van der Waals surface area contributed by atoms with Gasteiger partial charge in [-0.25, -0.2) is 4.79 Å². The zero-order valence-corrected chi connectivity index (χ0v) is 9.75. The lowest BCUT2D eigenvalue weighted by Crippen LogP contribution is -2.05. The first-order chi connectivity index (χ1) is 7.52. The Bertz CT molecular complexity index is 413. The lowest BCUT2D eigenvalue weighted by molar-refractivity contribution is 0.0692. The molecule has 0 saturated carbocycles. The SMILES string of the molecule is C=C(C)CCOc1cccc(Cl)c1C(=O)O. The van der Waals surface area contributed by atoms with Gasteiger partial charge in [-0.05, 0) is 19.1 Å². The normalized spacial score (nSPS) is 9.88. The number of aromatic carboxylic acids is 1. The molecule has 0 fully saturated rings. The van der Waals surface area contributed by atoms with Gasteiger partial charge in [0.15, 0.2) is 0 Å². The molecule has 0 unspecified atom stereocenters. The molecule has 0 aliphatic carbocycles. The first kappa shape index (κ1) is 12.6. The topological polar surface area (TPSA) is 46.5 Å². The minimum Gasteiger partial charge on any atom is -0.492 e. The molecular weight excluding hydrogens is 228 g/mol. The van der Waals surface area contributed by atoms with Crippen molar-refractivity contribution in [2.45, 2.75) is 13.3 Å². The third-order valence-electron chi connectivity index (χ3n) is 1.98. The van der Waals surface area contributed by atoms with E-state index in [1.165, 1.54) is 6.07 Å². The van der Waals surface area contributed by atoms with Gasteiger partial charge in [-0.3, -0.25) is 0 Å². The Labute approximate surface area is 99.3 Å². The van der Waals surface area contributed by atoms with Crippen molar-refractivity contribution in [2.75, 3.05) is 6.61 Å². The zero-order chi connectivity index (χ0) is 12.1. The number of carboxylic acid groups (broad SMARTS) is 1. The highest BCUT2D eigenvalue weighted by molar-refractivity contribution is 6.33. The summed E-state index contributed by atoms with van der Waals surface area (Å²) in [6, 6.07) is 4.77. The average molecular weight is 241 g/mol. The summed E-state index contributed by atoms with van der Waals surface area (Å²) in [6.45, 7) is 6.03. The number of rotatable bonds is 5. The second-order valence-electron chi connectivity index (χ2n) is 3.47. The van der Waals surface area contributed by atoms with Gasteiger partial charge in [0.05, 0.1) is 11.6 Å². The van der Waals surface area contributed by atoms with Crippen molar-refractivity contribution < 1.29 is 14.6 Å². The fraction of sp³-hybridized carbons (Fsp3) is 0.250. The van der Waals surface area contributed by atoms with Crippen LogP contribution in [-0.2, 0) is 0 Å². The number of halogens is 1. The van der Waals surface area contributed by atoms with Crippen molar-refractivity contribution in [3.63, 3.8) is 0 Å². The Balaban J connectivity index is 2.83. The molecule has 0 atom stereocenters. The predicted octanol–water partition coefficient (Wildman–Crippen LogP) is 3.38. The molecule has 0 aliphatic rings. The summed E-state index contributed by atoms with van der Waals surface area (Å²) in [7, 11) is 0. The minimum atomic E-state index is -1.09. The summed E-state index contributed by atoms with van der Waals surface area (Å²) < 4.78 is 5.36. The van der Waals surface area contributed by atoms with Crippen LogP contribution >= 0.6 is 11.6 Å². The van der Waals surface area contributed by atoms with Gasteiger partial charge in [0.1, 0.15) is 11.3 Å². The quantitative estimate of drug-likeness (QED) is 0.803. The molecule has 0 amide bonds. The number of hydrogen-bond donors (Lipinski definition) is 1. The Morgan fingerprint density at radius 3 is 2.81 bits per heavy atom. The summed E-state index contributed by atoms with van der Waals surface area (Å²) in [4.78, 5) is 11.0. The van der Waals surface area contributed by atoms with Gasteiger partial charge in [-0.15, -0.1) is 6.58 Å². The highest BCUT2D eigenvalue weighted by Crippen LogP contribution is 2.26. The van der Waals surface area contributed by atoms with Gasteiger partial charge in [0.25, 0.3) is 0 Å². The van der Waals surface area contributed by atoms with Crippen LogP contribution in [0.1, 0.15) is 23.7 Å². The van der Waals surface area contributed by atoms with Crippen molar-refractivity contribution in [3.8, 4) is 5.75 Å². The molecule has 0 aromatic heterocycles. The van der Waals surface area contributed by atoms with Crippen molar-refractivity contribution in [1.29, 1.82) is 0 Å². The monoisotopic (exact) mass is 240 g/mol. The number of carbonyl (C=O) groups is 1. The Morgan fingerprint density at radius 1 is 1.56 bits per heavy atom. The molecule has 4 heteroatoms. The van der Waals surface area contributed by atoms with Crippen LogP contribution in [-0.4, -0.2) is 17.7 Å². The first-order valence-corrected chi connectivity index (χ1v) is 5.19. The van der Waals surface area contributed by atoms with Crippen molar-refractivity contribution in [3.05, 3.63) is 40.9 Å². The van der Waals surface area contributed by atoms with Crippen LogP contribution in [0.3, 0.4) is 0 Å².